The summed E-state index contributed by atoms with van der Waals surface area (Å²) in [6.45, 7) is 2.04. The Kier molecular flexibility index (Phi) is 4.94. The molecule has 1 saturated heterocycles. The van der Waals surface area contributed by atoms with Crippen molar-refractivity contribution in [1.82, 2.24) is 19.9 Å². The van der Waals surface area contributed by atoms with Crippen molar-refractivity contribution < 1.29 is 9.29 Å². The van der Waals surface area contributed by atoms with E-state index in [-0.39, 0.29) is 5.75 Å². The van der Waals surface area contributed by atoms with Crippen molar-refractivity contribution in [3.05, 3.63) is 36.3 Å². The predicted molar refractivity (Wildman–Crippen MR) is 101 cm³/mol. The molecule has 0 amide bonds. The zero-order chi connectivity index (χ0) is 17.9. The Hall–Kier alpha value is -2.32. The Morgan fingerprint density at radius 2 is 2.04 bits per heavy atom. The number of H-pyrrole nitrogens is 1. The van der Waals surface area contributed by atoms with Crippen LogP contribution in [0.3, 0.4) is 0 Å². The molecule has 1 N–H and O–H groups in total. The smallest absolute Gasteiger partial charge is 0.322 e. The van der Waals surface area contributed by atoms with Gasteiger partial charge in [-0.05, 0) is 37.5 Å². The van der Waals surface area contributed by atoms with Crippen molar-refractivity contribution in [2.75, 3.05) is 25.1 Å². The number of rotatable bonds is 5. The summed E-state index contributed by atoms with van der Waals surface area (Å²) < 4.78 is 17.9. The molecular weight excluding hydrogens is 350 g/mol. The van der Waals surface area contributed by atoms with Gasteiger partial charge in [0.15, 0.2) is 11.6 Å². The highest BCUT2D eigenvalue weighted by Crippen LogP contribution is 2.22. The van der Waals surface area contributed by atoms with Crippen LogP contribution in [0.15, 0.2) is 35.6 Å². The zero-order valence-corrected chi connectivity index (χ0v) is 15.5. The average molecular weight is 371 g/mol. The number of imidazole rings is 1. The molecule has 7 nitrogen and oxygen atoms in total. The van der Waals surface area contributed by atoms with E-state index in [0.717, 1.165) is 35.7 Å². The Balaban J connectivity index is 1.51. The summed E-state index contributed by atoms with van der Waals surface area (Å²) >= 11 is -1.34. The molecule has 0 radical (unpaired) electrons. The maximum absolute atomic E-state index is 12.7. The molecule has 8 heteroatoms. The van der Waals surface area contributed by atoms with Gasteiger partial charge in [0.05, 0.1) is 18.1 Å². The Bertz CT molecular complexity index is 894. The highest BCUT2D eigenvalue weighted by Gasteiger charge is 2.20. The van der Waals surface area contributed by atoms with E-state index in [1.54, 1.807) is 13.3 Å². The summed E-state index contributed by atoms with van der Waals surface area (Å²) in [5, 5.41) is 0.431. The molecule has 1 aromatic carbocycles. The number of ether oxygens (including phenoxy) is 1. The van der Waals surface area contributed by atoms with E-state index in [9.17, 15) is 4.55 Å². The second-order valence-corrected chi connectivity index (χ2v) is 7.66. The lowest BCUT2D eigenvalue weighted by Crippen LogP contribution is -2.30. The monoisotopic (exact) mass is 371 g/mol. The van der Waals surface area contributed by atoms with Crippen molar-refractivity contribution in [3.8, 4) is 5.75 Å². The van der Waals surface area contributed by atoms with Gasteiger partial charge < -0.3 is 14.2 Å². The van der Waals surface area contributed by atoms with Crippen LogP contribution < -0.4 is 9.64 Å². The molecular formula is C18H21N5O2S. The molecule has 0 spiro atoms. The number of anilines is 1. The predicted octanol–water partition coefficient (Wildman–Crippen LogP) is 2.66. The lowest BCUT2D eigenvalue weighted by Gasteiger charge is -2.27. The van der Waals surface area contributed by atoms with Crippen molar-refractivity contribution >= 4 is 28.0 Å². The number of methoxy groups -OCH3 is 1. The molecule has 1 unspecified atom stereocenters. The summed E-state index contributed by atoms with van der Waals surface area (Å²) in [6.07, 6.45) is 5.39. The largest absolute Gasteiger partial charge is 0.609 e. The maximum Gasteiger partial charge on any atom is 0.322 e. The maximum atomic E-state index is 12.7. The fourth-order valence-electron chi connectivity index (χ4n) is 3.14. The van der Waals surface area contributed by atoms with Crippen LogP contribution in [0.2, 0.25) is 0 Å². The van der Waals surface area contributed by atoms with Gasteiger partial charge in [-0.15, -0.1) is 0 Å². The third-order valence-corrected chi connectivity index (χ3v) is 5.66. The molecule has 1 aliphatic rings. The highest BCUT2D eigenvalue weighted by atomic mass is 32.2. The van der Waals surface area contributed by atoms with Crippen LogP contribution in [-0.2, 0) is 16.9 Å². The molecule has 4 rings (SSSR count). The van der Waals surface area contributed by atoms with Gasteiger partial charge in [-0.1, -0.05) is 0 Å². The van der Waals surface area contributed by atoms with Crippen LogP contribution in [0.1, 0.15) is 25.1 Å². The summed E-state index contributed by atoms with van der Waals surface area (Å²) in [4.78, 5) is 18.7. The van der Waals surface area contributed by atoms with E-state index in [4.69, 9.17) is 4.74 Å². The second-order valence-electron chi connectivity index (χ2n) is 6.29. The molecule has 3 heterocycles. The van der Waals surface area contributed by atoms with Gasteiger partial charge in [0.1, 0.15) is 11.6 Å². The molecule has 2 aromatic heterocycles. The lowest BCUT2D eigenvalue weighted by atomic mass is 10.1. The molecule has 26 heavy (non-hydrogen) atoms. The number of aromatic amines is 1. The van der Waals surface area contributed by atoms with Crippen molar-refractivity contribution in [3.63, 3.8) is 0 Å². The van der Waals surface area contributed by atoms with Gasteiger partial charge in [0.25, 0.3) is 0 Å². The molecule has 136 valence electrons. The Morgan fingerprint density at radius 3 is 2.85 bits per heavy atom. The first-order valence-electron chi connectivity index (χ1n) is 8.72. The third kappa shape index (κ3) is 3.61. The Morgan fingerprint density at radius 1 is 1.19 bits per heavy atom. The summed E-state index contributed by atoms with van der Waals surface area (Å²) in [6, 6.07) is 7.46. The van der Waals surface area contributed by atoms with E-state index in [1.165, 1.54) is 19.3 Å². The fraction of sp³-hybridized carbons (Fsp3) is 0.389. The van der Waals surface area contributed by atoms with Crippen LogP contribution in [-0.4, -0.2) is 44.7 Å². The van der Waals surface area contributed by atoms with Crippen LogP contribution in [0.25, 0.3) is 11.0 Å². The number of benzene rings is 1. The quantitative estimate of drug-likeness (QED) is 0.694. The fourth-order valence-corrected chi connectivity index (χ4v) is 4.07. The normalized spacial score (nSPS) is 16.0. The SMILES string of the molecule is COc1ccc2[nH]c([S+]([O-])Cc3nccc(N4CCCCC4)n3)nc2c1. The standard InChI is InChI=1S/C18H21N5O2S/c1-25-13-5-6-14-15(11-13)21-18(20-14)26(24)12-16-19-8-7-17(22-16)23-9-3-2-4-10-23/h5-8,11H,2-4,9-10,12H2,1H3,(H,20,21). The van der Waals surface area contributed by atoms with Gasteiger partial charge in [-0.3, -0.25) is 4.98 Å². The first kappa shape index (κ1) is 17.1. The topological polar surface area (TPSA) is 90.0 Å². The minimum absolute atomic E-state index is 0.235. The molecule has 1 aliphatic heterocycles. The first-order chi connectivity index (χ1) is 12.7. The van der Waals surface area contributed by atoms with E-state index >= 15 is 0 Å². The van der Waals surface area contributed by atoms with Crippen molar-refractivity contribution in [1.29, 1.82) is 0 Å². The van der Waals surface area contributed by atoms with E-state index in [2.05, 4.69) is 24.8 Å². The Labute approximate surface area is 155 Å². The molecule has 0 aliphatic carbocycles. The molecule has 1 atom stereocenters. The van der Waals surface area contributed by atoms with E-state index in [0.29, 0.717) is 11.0 Å². The number of nitrogens with zero attached hydrogens (tertiary/aromatic N) is 4. The first-order valence-corrected chi connectivity index (χ1v) is 10.0. The van der Waals surface area contributed by atoms with Crippen LogP contribution in [0, 0.1) is 0 Å². The van der Waals surface area contributed by atoms with Gasteiger partial charge in [-0.2, -0.15) is 4.98 Å². The third-order valence-electron chi connectivity index (χ3n) is 4.52. The summed E-state index contributed by atoms with van der Waals surface area (Å²) in [7, 11) is 1.61. The van der Waals surface area contributed by atoms with E-state index in [1.807, 2.05) is 24.3 Å². The second kappa shape index (κ2) is 7.51. The van der Waals surface area contributed by atoms with Crippen molar-refractivity contribution in [2.45, 2.75) is 30.2 Å². The van der Waals surface area contributed by atoms with Crippen LogP contribution in [0.5, 0.6) is 5.75 Å². The molecule has 1 fully saturated rings. The van der Waals surface area contributed by atoms with Gasteiger partial charge in [-0.25, -0.2) is 9.97 Å². The molecule has 3 aromatic rings. The minimum atomic E-state index is -1.34. The lowest BCUT2D eigenvalue weighted by molar-refractivity contribution is 0.415. The summed E-state index contributed by atoms with van der Waals surface area (Å²) in [5.41, 5.74) is 1.56. The number of fused-ring (bicyclic) bond motifs is 1. The van der Waals surface area contributed by atoms with Gasteiger partial charge in [0.2, 0.25) is 0 Å². The molecule has 0 bridgehead atoms. The van der Waals surface area contributed by atoms with Gasteiger partial charge in [0, 0.05) is 36.5 Å². The van der Waals surface area contributed by atoms with Crippen molar-refractivity contribution in [2.24, 2.45) is 0 Å². The highest BCUT2D eigenvalue weighted by molar-refractivity contribution is 7.90. The number of piperidine rings is 1. The number of nitrogens with one attached hydrogen (secondary N) is 1. The minimum Gasteiger partial charge on any atom is -0.609 e. The average Bonchev–Trinajstić information content (AvgIpc) is 3.12. The van der Waals surface area contributed by atoms with Gasteiger partial charge >= 0.3 is 5.16 Å². The number of hydrogen-bond donors (Lipinski definition) is 1. The van der Waals surface area contributed by atoms with E-state index < -0.39 is 11.2 Å². The zero-order valence-electron chi connectivity index (χ0n) is 14.6. The number of hydrogen-bond acceptors (Lipinski definition) is 6. The number of aromatic nitrogens is 4. The molecule has 0 saturated carbocycles. The summed E-state index contributed by atoms with van der Waals surface area (Å²) in [5.74, 6) is 2.45. The van der Waals surface area contributed by atoms with Crippen LogP contribution in [0.4, 0.5) is 5.82 Å². The van der Waals surface area contributed by atoms with Crippen LogP contribution >= 0.6 is 0 Å².